The summed E-state index contributed by atoms with van der Waals surface area (Å²) in [7, 11) is 0. The van der Waals surface area contributed by atoms with Gasteiger partial charge in [-0.3, -0.25) is 0 Å². The summed E-state index contributed by atoms with van der Waals surface area (Å²) in [5, 5.41) is 0. The van der Waals surface area contributed by atoms with E-state index in [1.54, 1.807) is 0 Å². The van der Waals surface area contributed by atoms with Crippen LogP contribution in [0, 0.1) is 32.9 Å². The van der Waals surface area contributed by atoms with Gasteiger partial charge in [-0.25, -0.2) is 0 Å². The Labute approximate surface area is 341 Å². The Balaban J connectivity index is 0.00000465. The summed E-state index contributed by atoms with van der Waals surface area (Å²) in [6.45, 7) is 9.09. The molecule has 0 amide bonds. The van der Waals surface area contributed by atoms with Crippen LogP contribution in [-0.2, 0) is 38.4 Å². The zero-order valence-corrected chi connectivity index (χ0v) is 34.8. The first-order valence-corrected chi connectivity index (χ1v) is 19.6. The second-order valence-corrected chi connectivity index (χ2v) is 15.6. The normalized spacial score (nSPS) is 13.6. The van der Waals surface area contributed by atoms with Gasteiger partial charge in [0.05, 0.1) is 0 Å². The first-order valence-electron chi connectivity index (χ1n) is 19.6. The zero-order valence-electron chi connectivity index (χ0n) is 32.4. The van der Waals surface area contributed by atoms with E-state index >= 15 is 0 Å². The van der Waals surface area contributed by atoms with Gasteiger partial charge in [0, 0.05) is 32.5 Å². The molecule has 0 N–H and O–H groups in total. The Morgan fingerprint density at radius 1 is 0.564 bits per heavy atom. The van der Waals surface area contributed by atoms with Crippen LogP contribution in [0.4, 0.5) is 0 Å². The van der Waals surface area contributed by atoms with Crippen LogP contribution in [0.25, 0.3) is 55.9 Å². The zero-order chi connectivity index (χ0) is 37.1. The van der Waals surface area contributed by atoms with Crippen molar-refractivity contribution in [2.45, 2.75) is 78.1 Å². The van der Waals surface area contributed by atoms with E-state index in [4.69, 9.17) is 4.98 Å². The molecule has 8 rings (SSSR count). The van der Waals surface area contributed by atoms with E-state index in [0.29, 0.717) is 5.41 Å². The number of aromatic nitrogens is 2. The van der Waals surface area contributed by atoms with Crippen LogP contribution < -0.4 is 0 Å². The Bertz CT molecular complexity index is 2390. The standard InChI is InChI=1S/C52H48N2.Ir/c1-36-30-40(16-15-39-17-19-42(20-18-39)50-14-8-11-29-53-50)33-44(31-36)48-13-7-6-12-47(48)41-21-23-43(24-22-41)51-34-49(38(3)35-54-51)46-26-25-45(32-37(46)2)52(4)27-9-5-10-28-52;/h6-8,11-14,17-19,21-23,25-26,29-35H,5,9-10,15-16,27-28H2,1-4H3;/q-2;. The maximum Gasteiger partial charge on any atom is 0.0196 e. The van der Waals surface area contributed by atoms with Crippen LogP contribution in [0.3, 0.4) is 0 Å². The van der Waals surface area contributed by atoms with Gasteiger partial charge >= 0.3 is 0 Å². The van der Waals surface area contributed by atoms with Crippen molar-refractivity contribution in [3.63, 3.8) is 0 Å². The van der Waals surface area contributed by atoms with Gasteiger partial charge in [-0.15, -0.1) is 65.2 Å². The Morgan fingerprint density at radius 3 is 2.00 bits per heavy atom. The van der Waals surface area contributed by atoms with Gasteiger partial charge in [-0.1, -0.05) is 128 Å². The van der Waals surface area contributed by atoms with Crippen molar-refractivity contribution in [3.05, 3.63) is 179 Å². The fourth-order valence-corrected chi connectivity index (χ4v) is 8.41. The number of aryl methyl sites for hydroxylation is 5. The third-order valence-corrected chi connectivity index (χ3v) is 11.6. The molecule has 0 unspecified atom stereocenters. The van der Waals surface area contributed by atoms with E-state index in [1.807, 2.05) is 30.6 Å². The molecule has 2 nitrogen and oxygen atoms in total. The molecule has 1 aliphatic carbocycles. The third kappa shape index (κ3) is 8.50. The quantitative estimate of drug-likeness (QED) is 0.135. The number of hydrogen-bond donors (Lipinski definition) is 0. The predicted molar refractivity (Wildman–Crippen MR) is 225 cm³/mol. The molecule has 1 aliphatic rings. The molecular formula is C52H48IrN2-2. The van der Waals surface area contributed by atoms with Gasteiger partial charge in [0.2, 0.25) is 0 Å². The molecule has 0 aliphatic heterocycles. The van der Waals surface area contributed by atoms with Gasteiger partial charge in [0.25, 0.3) is 0 Å². The molecule has 3 heteroatoms. The van der Waals surface area contributed by atoms with E-state index in [1.165, 1.54) is 93.3 Å². The molecule has 1 radical (unpaired) electrons. The molecule has 0 bridgehead atoms. The first-order chi connectivity index (χ1) is 26.3. The minimum Gasteiger partial charge on any atom is -0.305 e. The van der Waals surface area contributed by atoms with Gasteiger partial charge in [0.1, 0.15) is 0 Å². The van der Waals surface area contributed by atoms with Gasteiger partial charge in [-0.2, -0.15) is 0 Å². The largest absolute Gasteiger partial charge is 0.305 e. The van der Waals surface area contributed by atoms with Crippen molar-refractivity contribution in [2.75, 3.05) is 0 Å². The number of rotatable bonds is 9. The summed E-state index contributed by atoms with van der Waals surface area (Å²) >= 11 is 0. The van der Waals surface area contributed by atoms with E-state index in [-0.39, 0.29) is 20.1 Å². The van der Waals surface area contributed by atoms with Crippen molar-refractivity contribution < 1.29 is 20.1 Å². The van der Waals surface area contributed by atoms with Crippen molar-refractivity contribution in [1.29, 1.82) is 0 Å². The summed E-state index contributed by atoms with van der Waals surface area (Å²) in [6.07, 6.45) is 12.4. The maximum atomic E-state index is 4.87. The van der Waals surface area contributed by atoms with Crippen LogP contribution in [0.1, 0.15) is 72.4 Å². The minimum absolute atomic E-state index is 0. The van der Waals surface area contributed by atoms with Crippen molar-refractivity contribution in [1.82, 2.24) is 9.97 Å². The average molecular weight is 893 g/mol. The van der Waals surface area contributed by atoms with Crippen molar-refractivity contribution in [2.24, 2.45) is 0 Å². The number of nitrogens with zero attached hydrogens (tertiary/aromatic N) is 2. The van der Waals surface area contributed by atoms with Crippen LogP contribution >= 0.6 is 0 Å². The molecule has 2 aromatic heterocycles. The topological polar surface area (TPSA) is 25.8 Å². The van der Waals surface area contributed by atoms with Crippen LogP contribution in [0.15, 0.2) is 134 Å². The molecule has 0 saturated heterocycles. The average Bonchev–Trinajstić information content (AvgIpc) is 3.21. The summed E-state index contributed by atoms with van der Waals surface area (Å²) in [4.78, 5) is 9.34. The van der Waals surface area contributed by atoms with E-state index < -0.39 is 0 Å². The van der Waals surface area contributed by atoms with Crippen LogP contribution in [0.2, 0.25) is 0 Å². The van der Waals surface area contributed by atoms with Gasteiger partial charge in [-0.05, 0) is 107 Å². The number of benzene rings is 5. The molecule has 7 aromatic rings. The van der Waals surface area contributed by atoms with E-state index in [2.05, 4.69) is 148 Å². The van der Waals surface area contributed by atoms with E-state index in [9.17, 15) is 0 Å². The minimum atomic E-state index is 0. The summed E-state index contributed by atoms with van der Waals surface area (Å²) in [5.74, 6) is 0. The molecule has 277 valence electrons. The van der Waals surface area contributed by atoms with Gasteiger partial charge in [0.15, 0.2) is 0 Å². The Morgan fingerprint density at radius 2 is 1.29 bits per heavy atom. The summed E-state index contributed by atoms with van der Waals surface area (Å²) in [5.41, 5.74) is 19.5. The molecule has 55 heavy (non-hydrogen) atoms. The van der Waals surface area contributed by atoms with Crippen LogP contribution in [0.5, 0.6) is 0 Å². The number of pyridine rings is 2. The maximum absolute atomic E-state index is 4.87. The summed E-state index contributed by atoms with van der Waals surface area (Å²) in [6, 6.07) is 51.1. The smallest absolute Gasteiger partial charge is 0.0196 e. The molecule has 5 aromatic carbocycles. The second kappa shape index (κ2) is 16.8. The van der Waals surface area contributed by atoms with Crippen molar-refractivity contribution in [3.8, 4) is 55.9 Å². The van der Waals surface area contributed by atoms with Crippen LogP contribution in [-0.4, -0.2) is 9.97 Å². The SMILES string of the molecule is Cc1cc(CCc2c[c-]c(-c3ccccn3)cc2)cc(-c2ccccc2-c2c[c-]c(-c3cc(-c4ccc(C5(C)CCCCC5)cc4C)c(C)cn3)cc2)c1.[Ir]. The Kier molecular flexibility index (Phi) is 11.7. The molecule has 2 heterocycles. The fourth-order valence-electron chi connectivity index (χ4n) is 8.41. The molecular weight excluding hydrogens is 845 g/mol. The molecule has 1 saturated carbocycles. The number of hydrogen-bond acceptors (Lipinski definition) is 2. The molecule has 0 atom stereocenters. The second-order valence-electron chi connectivity index (χ2n) is 15.6. The monoisotopic (exact) mass is 893 g/mol. The van der Waals surface area contributed by atoms with Crippen molar-refractivity contribution >= 4 is 0 Å². The first kappa shape index (κ1) is 38.3. The molecule has 0 spiro atoms. The third-order valence-electron chi connectivity index (χ3n) is 11.6. The fraction of sp³-hybridized carbons (Fsp3) is 0.231. The Hall–Kier alpha value is -4.95. The molecule has 1 fully saturated rings. The summed E-state index contributed by atoms with van der Waals surface area (Å²) < 4.78 is 0. The predicted octanol–water partition coefficient (Wildman–Crippen LogP) is 13.3. The van der Waals surface area contributed by atoms with Gasteiger partial charge < -0.3 is 9.97 Å². The van der Waals surface area contributed by atoms with E-state index in [0.717, 1.165) is 40.9 Å².